The van der Waals surface area contributed by atoms with E-state index in [1.807, 2.05) is 19.9 Å². The lowest BCUT2D eigenvalue weighted by molar-refractivity contribution is 1.06. The summed E-state index contributed by atoms with van der Waals surface area (Å²) in [4.78, 5) is 5.89. The number of hydrogen-bond donors (Lipinski definition) is 0. The fraction of sp³-hybridized carbons (Fsp3) is 0.235. The van der Waals surface area contributed by atoms with Gasteiger partial charge < -0.3 is 0 Å². The lowest BCUT2D eigenvalue weighted by atomic mass is 10.0. The molecular formula is C17H19NS. The standard InChI is InChI=1S/C15H13NS.C2H6/c1-2-14-13(11-6-4-3-5-7-11)10-12-8-9-17-15(12)16-14;1-2/h3-10H,2H2,1H3;1-2H3. The Morgan fingerprint density at radius 3 is 2.47 bits per heavy atom. The zero-order valence-electron chi connectivity index (χ0n) is 11.7. The number of nitrogens with zero attached hydrogens (tertiary/aromatic N) is 1. The molecule has 19 heavy (non-hydrogen) atoms. The number of benzene rings is 1. The van der Waals surface area contributed by atoms with Crippen LogP contribution in [0.15, 0.2) is 47.8 Å². The summed E-state index contributed by atoms with van der Waals surface area (Å²) >= 11 is 1.71. The maximum Gasteiger partial charge on any atom is 0.123 e. The molecule has 0 aliphatic carbocycles. The highest BCUT2D eigenvalue weighted by molar-refractivity contribution is 7.16. The molecule has 2 heterocycles. The van der Waals surface area contributed by atoms with E-state index in [2.05, 4.69) is 48.7 Å². The van der Waals surface area contributed by atoms with Gasteiger partial charge in [0.25, 0.3) is 0 Å². The second kappa shape index (κ2) is 6.48. The second-order valence-corrected chi connectivity index (χ2v) is 4.91. The lowest BCUT2D eigenvalue weighted by Gasteiger charge is -2.07. The second-order valence-electron chi connectivity index (χ2n) is 4.02. The first-order valence-electron chi connectivity index (χ1n) is 6.81. The number of fused-ring (bicyclic) bond motifs is 1. The van der Waals surface area contributed by atoms with Gasteiger partial charge in [-0.15, -0.1) is 11.3 Å². The van der Waals surface area contributed by atoms with Crippen LogP contribution in [-0.4, -0.2) is 4.98 Å². The summed E-state index contributed by atoms with van der Waals surface area (Å²) in [6, 6.07) is 14.9. The zero-order valence-corrected chi connectivity index (χ0v) is 12.5. The van der Waals surface area contributed by atoms with Crippen molar-refractivity contribution >= 4 is 21.6 Å². The van der Waals surface area contributed by atoms with Crippen molar-refractivity contribution in [2.45, 2.75) is 27.2 Å². The highest BCUT2D eigenvalue weighted by atomic mass is 32.1. The quantitative estimate of drug-likeness (QED) is 0.594. The van der Waals surface area contributed by atoms with Gasteiger partial charge in [0.1, 0.15) is 4.83 Å². The van der Waals surface area contributed by atoms with Gasteiger partial charge >= 0.3 is 0 Å². The minimum Gasteiger partial charge on any atom is -0.241 e. The first-order valence-corrected chi connectivity index (χ1v) is 7.69. The third-order valence-electron chi connectivity index (χ3n) is 2.94. The molecule has 0 spiro atoms. The van der Waals surface area contributed by atoms with E-state index in [0.717, 1.165) is 11.3 Å². The number of aryl methyl sites for hydroxylation is 1. The molecule has 2 aromatic heterocycles. The van der Waals surface area contributed by atoms with Crippen molar-refractivity contribution < 1.29 is 0 Å². The van der Waals surface area contributed by atoms with Gasteiger partial charge in [0.15, 0.2) is 0 Å². The van der Waals surface area contributed by atoms with E-state index < -0.39 is 0 Å². The molecule has 1 aromatic carbocycles. The predicted octanol–water partition coefficient (Wildman–Crippen LogP) is 5.55. The zero-order chi connectivity index (χ0) is 13.7. The van der Waals surface area contributed by atoms with Crippen LogP contribution in [0.4, 0.5) is 0 Å². The summed E-state index contributed by atoms with van der Waals surface area (Å²) in [6.07, 6.45) is 0.970. The number of hydrogen-bond acceptors (Lipinski definition) is 2. The van der Waals surface area contributed by atoms with E-state index in [4.69, 9.17) is 4.98 Å². The van der Waals surface area contributed by atoms with Gasteiger partial charge in [-0.2, -0.15) is 0 Å². The molecule has 0 fully saturated rings. The maximum absolute atomic E-state index is 4.75. The van der Waals surface area contributed by atoms with Gasteiger partial charge in [-0.3, -0.25) is 0 Å². The van der Waals surface area contributed by atoms with Gasteiger partial charge in [0.2, 0.25) is 0 Å². The Balaban J connectivity index is 0.000000637. The number of rotatable bonds is 2. The molecule has 0 aliphatic heterocycles. The minimum absolute atomic E-state index is 0.970. The van der Waals surface area contributed by atoms with E-state index in [0.29, 0.717) is 0 Å². The fourth-order valence-corrected chi connectivity index (χ4v) is 2.84. The molecular weight excluding hydrogens is 250 g/mol. The summed E-state index contributed by atoms with van der Waals surface area (Å²) in [5, 5.41) is 3.34. The third-order valence-corrected chi connectivity index (χ3v) is 3.76. The molecule has 98 valence electrons. The van der Waals surface area contributed by atoms with Crippen molar-refractivity contribution in [2.24, 2.45) is 0 Å². The summed E-state index contributed by atoms with van der Waals surface area (Å²) in [5.74, 6) is 0. The Bertz CT molecular complexity index is 641. The molecule has 0 bridgehead atoms. The van der Waals surface area contributed by atoms with E-state index in [9.17, 15) is 0 Å². The molecule has 2 heteroatoms. The van der Waals surface area contributed by atoms with Crippen LogP contribution in [0.2, 0.25) is 0 Å². The van der Waals surface area contributed by atoms with Gasteiger partial charge in [-0.1, -0.05) is 51.1 Å². The molecule has 3 aromatic rings. The van der Waals surface area contributed by atoms with Crippen molar-refractivity contribution in [3.05, 3.63) is 53.5 Å². The van der Waals surface area contributed by atoms with Crippen LogP contribution >= 0.6 is 11.3 Å². The molecule has 0 radical (unpaired) electrons. The molecule has 0 aliphatic rings. The molecule has 0 saturated carbocycles. The molecule has 1 nitrogen and oxygen atoms in total. The maximum atomic E-state index is 4.75. The SMILES string of the molecule is CC.CCc1nc2sccc2cc1-c1ccccc1. The van der Waals surface area contributed by atoms with Crippen LogP contribution in [0.5, 0.6) is 0 Å². The van der Waals surface area contributed by atoms with E-state index in [1.165, 1.54) is 22.2 Å². The number of thiophene rings is 1. The highest BCUT2D eigenvalue weighted by Gasteiger charge is 2.07. The van der Waals surface area contributed by atoms with Gasteiger partial charge in [0, 0.05) is 16.6 Å². The summed E-state index contributed by atoms with van der Waals surface area (Å²) in [7, 11) is 0. The lowest BCUT2D eigenvalue weighted by Crippen LogP contribution is -1.91. The molecule has 0 atom stereocenters. The van der Waals surface area contributed by atoms with Crippen LogP contribution in [0.3, 0.4) is 0 Å². The van der Waals surface area contributed by atoms with E-state index >= 15 is 0 Å². The van der Waals surface area contributed by atoms with Crippen molar-refractivity contribution in [1.29, 1.82) is 0 Å². The van der Waals surface area contributed by atoms with E-state index in [-0.39, 0.29) is 0 Å². The van der Waals surface area contributed by atoms with Gasteiger partial charge in [0.05, 0.1) is 0 Å². The number of pyridine rings is 1. The summed E-state index contributed by atoms with van der Waals surface area (Å²) in [5.41, 5.74) is 3.70. The molecule has 0 saturated heterocycles. The average molecular weight is 269 g/mol. The fourth-order valence-electron chi connectivity index (χ4n) is 2.07. The molecule has 3 rings (SSSR count). The van der Waals surface area contributed by atoms with Crippen LogP contribution in [0.1, 0.15) is 26.5 Å². The van der Waals surface area contributed by atoms with Crippen molar-refractivity contribution in [2.75, 3.05) is 0 Å². The summed E-state index contributed by atoms with van der Waals surface area (Å²) in [6.45, 7) is 6.16. The molecule has 0 N–H and O–H groups in total. The Morgan fingerprint density at radius 1 is 1.05 bits per heavy atom. The largest absolute Gasteiger partial charge is 0.241 e. The van der Waals surface area contributed by atoms with E-state index in [1.54, 1.807) is 11.3 Å². The normalized spacial score (nSPS) is 10.1. The van der Waals surface area contributed by atoms with Gasteiger partial charge in [-0.05, 0) is 29.5 Å². The van der Waals surface area contributed by atoms with Crippen LogP contribution in [0.25, 0.3) is 21.3 Å². The van der Waals surface area contributed by atoms with Crippen molar-refractivity contribution in [3.8, 4) is 11.1 Å². The first kappa shape index (κ1) is 13.8. The van der Waals surface area contributed by atoms with Crippen molar-refractivity contribution in [1.82, 2.24) is 4.98 Å². The first-order chi connectivity index (χ1) is 9.38. The minimum atomic E-state index is 0.970. The Labute approximate surface area is 118 Å². The van der Waals surface area contributed by atoms with Crippen molar-refractivity contribution in [3.63, 3.8) is 0 Å². The molecule has 0 unspecified atom stereocenters. The Morgan fingerprint density at radius 2 is 1.79 bits per heavy atom. The Kier molecular flexibility index (Phi) is 4.69. The monoisotopic (exact) mass is 269 g/mol. The average Bonchev–Trinajstić information content (AvgIpc) is 2.96. The number of aromatic nitrogens is 1. The topological polar surface area (TPSA) is 12.9 Å². The molecule has 0 amide bonds. The van der Waals surface area contributed by atoms with Crippen LogP contribution in [0, 0.1) is 0 Å². The third kappa shape index (κ3) is 2.85. The highest BCUT2D eigenvalue weighted by Crippen LogP contribution is 2.29. The van der Waals surface area contributed by atoms with Gasteiger partial charge in [-0.25, -0.2) is 4.98 Å². The van der Waals surface area contributed by atoms with Crippen LogP contribution < -0.4 is 0 Å². The smallest absolute Gasteiger partial charge is 0.123 e. The Hall–Kier alpha value is -1.67. The predicted molar refractivity (Wildman–Crippen MR) is 85.8 cm³/mol. The van der Waals surface area contributed by atoms with Crippen LogP contribution in [-0.2, 0) is 6.42 Å². The summed E-state index contributed by atoms with van der Waals surface area (Å²) < 4.78 is 0.